The Morgan fingerprint density at radius 2 is 1.82 bits per heavy atom. The molecule has 11 heavy (non-hydrogen) atoms. The lowest BCUT2D eigenvalue weighted by Crippen LogP contribution is -2.13. The summed E-state index contributed by atoms with van der Waals surface area (Å²) in [4.78, 5) is 0. The first kappa shape index (κ1) is 11.5. The Hall–Kier alpha value is 0.500. The minimum Gasteiger partial charge on any atom is -0.277 e. The summed E-state index contributed by atoms with van der Waals surface area (Å²) in [5, 5.41) is 5.58. The Bertz CT molecular complexity index is 144. The van der Waals surface area contributed by atoms with Crippen molar-refractivity contribution in [1.82, 2.24) is 10.2 Å². The monoisotopic (exact) mass is 196 g/mol. The van der Waals surface area contributed by atoms with Gasteiger partial charge in [-0.05, 0) is 20.0 Å². The second-order valence-corrected chi connectivity index (χ2v) is 7.59. The van der Waals surface area contributed by atoms with Crippen LogP contribution in [0.3, 0.4) is 0 Å². The molecule has 0 spiro atoms. The van der Waals surface area contributed by atoms with Crippen LogP contribution in [-0.4, -0.2) is 19.8 Å². The van der Waals surface area contributed by atoms with Crippen LogP contribution in [0.25, 0.3) is 0 Å². The minimum atomic E-state index is -2.32. The van der Waals surface area contributed by atoms with E-state index in [0.29, 0.717) is 5.92 Å². The molecule has 0 aliphatic rings. The smallest absolute Gasteiger partial charge is 0.265 e. The van der Waals surface area contributed by atoms with E-state index in [9.17, 15) is 4.57 Å². The molecule has 0 unspecified atom stereocenters. The van der Waals surface area contributed by atoms with Crippen molar-refractivity contribution < 1.29 is 4.57 Å². The Balaban J connectivity index is 3.79. The molecule has 0 aromatic carbocycles. The van der Waals surface area contributed by atoms with E-state index < -0.39 is 6.65 Å². The van der Waals surface area contributed by atoms with Gasteiger partial charge < -0.3 is 0 Å². The summed E-state index contributed by atoms with van der Waals surface area (Å²) in [6.07, 6.45) is 0. The van der Waals surface area contributed by atoms with Crippen molar-refractivity contribution in [3.05, 3.63) is 0 Å². The molecule has 68 valence electrons. The fourth-order valence-corrected chi connectivity index (χ4v) is 3.78. The highest BCUT2D eigenvalue weighted by Crippen LogP contribution is 2.50. The first-order valence-corrected chi connectivity index (χ1v) is 6.96. The van der Waals surface area contributed by atoms with E-state index in [0.717, 1.165) is 5.75 Å². The van der Waals surface area contributed by atoms with Gasteiger partial charge in [0.1, 0.15) is 0 Å². The molecular formula is C6H17N2OPS. The molecule has 0 bridgehead atoms. The quantitative estimate of drug-likeness (QED) is 0.659. The minimum absolute atomic E-state index is 0.579. The highest BCUT2D eigenvalue weighted by molar-refractivity contribution is 8.56. The zero-order chi connectivity index (χ0) is 8.91. The summed E-state index contributed by atoms with van der Waals surface area (Å²) < 4.78 is 11.6. The van der Waals surface area contributed by atoms with Crippen LogP contribution >= 0.6 is 18.0 Å². The van der Waals surface area contributed by atoms with Gasteiger partial charge in [0.05, 0.1) is 0 Å². The van der Waals surface area contributed by atoms with Crippen LogP contribution in [0.2, 0.25) is 0 Å². The maximum Gasteiger partial charge on any atom is 0.265 e. The molecule has 2 N–H and O–H groups in total. The van der Waals surface area contributed by atoms with Crippen LogP contribution in [0.15, 0.2) is 0 Å². The molecule has 0 heterocycles. The number of hydrogen-bond donors (Lipinski definition) is 2. The van der Waals surface area contributed by atoms with Gasteiger partial charge in [-0.3, -0.25) is 4.57 Å². The largest absolute Gasteiger partial charge is 0.277 e. The van der Waals surface area contributed by atoms with Crippen LogP contribution in [0, 0.1) is 5.92 Å². The normalized spacial score (nSPS) is 12.5. The van der Waals surface area contributed by atoms with E-state index in [4.69, 9.17) is 0 Å². The average molecular weight is 196 g/mol. The van der Waals surface area contributed by atoms with Gasteiger partial charge in [0.15, 0.2) is 0 Å². The Morgan fingerprint density at radius 1 is 1.36 bits per heavy atom. The molecule has 0 aliphatic carbocycles. The van der Waals surface area contributed by atoms with Gasteiger partial charge in [-0.15, -0.1) is 0 Å². The van der Waals surface area contributed by atoms with E-state index in [1.165, 1.54) is 11.4 Å². The van der Waals surface area contributed by atoms with E-state index in [2.05, 4.69) is 24.0 Å². The van der Waals surface area contributed by atoms with E-state index in [1.54, 1.807) is 14.1 Å². The molecule has 0 rings (SSSR count). The number of hydrogen-bond acceptors (Lipinski definition) is 2. The lowest BCUT2D eigenvalue weighted by molar-refractivity contribution is 0.574. The van der Waals surface area contributed by atoms with Crippen molar-refractivity contribution in [1.29, 1.82) is 0 Å². The van der Waals surface area contributed by atoms with Gasteiger partial charge in [-0.1, -0.05) is 25.2 Å². The molecule has 0 amide bonds. The Morgan fingerprint density at radius 3 is 2.09 bits per heavy atom. The van der Waals surface area contributed by atoms with Crippen molar-refractivity contribution >= 4 is 18.0 Å². The lowest BCUT2D eigenvalue weighted by Gasteiger charge is -2.15. The SMILES string of the molecule is CNP(=O)(NC)SCC(C)C. The third kappa shape index (κ3) is 4.86. The molecule has 0 aliphatic heterocycles. The molecule has 5 heteroatoms. The van der Waals surface area contributed by atoms with Gasteiger partial charge in [0.2, 0.25) is 0 Å². The zero-order valence-electron chi connectivity index (χ0n) is 7.55. The highest BCUT2D eigenvalue weighted by atomic mass is 32.7. The number of nitrogens with one attached hydrogen (secondary N) is 2. The van der Waals surface area contributed by atoms with Crippen molar-refractivity contribution in [2.45, 2.75) is 13.8 Å². The van der Waals surface area contributed by atoms with Gasteiger partial charge in [-0.25, -0.2) is 10.2 Å². The van der Waals surface area contributed by atoms with Crippen LogP contribution in [0.5, 0.6) is 0 Å². The second kappa shape index (κ2) is 5.20. The summed E-state index contributed by atoms with van der Waals surface area (Å²) in [5.74, 6) is 1.49. The predicted octanol–water partition coefficient (Wildman–Crippen LogP) is 1.92. The van der Waals surface area contributed by atoms with Crippen molar-refractivity contribution in [2.24, 2.45) is 5.92 Å². The molecule has 0 radical (unpaired) electrons. The standard InChI is InChI=1S/C6H17N2OPS/c1-6(2)5-11-10(9,7-3)8-4/h6H,5H2,1-4H3,(H2,7,8,9). The summed E-state index contributed by atoms with van der Waals surface area (Å²) >= 11 is 1.47. The second-order valence-electron chi connectivity index (χ2n) is 2.69. The van der Waals surface area contributed by atoms with Crippen molar-refractivity contribution in [2.75, 3.05) is 19.8 Å². The maximum atomic E-state index is 11.6. The van der Waals surface area contributed by atoms with Crippen LogP contribution in [-0.2, 0) is 4.57 Å². The maximum absolute atomic E-state index is 11.6. The molecule has 0 aromatic rings. The third-order valence-corrected chi connectivity index (χ3v) is 6.17. The lowest BCUT2D eigenvalue weighted by atomic mass is 10.3. The van der Waals surface area contributed by atoms with Crippen LogP contribution in [0.4, 0.5) is 0 Å². The van der Waals surface area contributed by atoms with Gasteiger partial charge >= 0.3 is 0 Å². The summed E-state index contributed by atoms with van der Waals surface area (Å²) in [6, 6.07) is 0. The fourth-order valence-electron chi connectivity index (χ4n) is 0.495. The highest BCUT2D eigenvalue weighted by Gasteiger charge is 2.17. The molecule has 0 fully saturated rings. The van der Waals surface area contributed by atoms with Gasteiger partial charge in [0, 0.05) is 5.75 Å². The Kier molecular flexibility index (Phi) is 5.44. The zero-order valence-corrected chi connectivity index (χ0v) is 9.26. The third-order valence-electron chi connectivity index (χ3n) is 1.18. The van der Waals surface area contributed by atoms with Crippen molar-refractivity contribution in [3.8, 4) is 0 Å². The molecular weight excluding hydrogens is 179 g/mol. The fraction of sp³-hybridized carbons (Fsp3) is 1.00. The predicted molar refractivity (Wildman–Crippen MR) is 53.0 cm³/mol. The average Bonchev–Trinajstić information content (AvgIpc) is 2.00. The first-order valence-electron chi connectivity index (χ1n) is 3.66. The molecule has 3 nitrogen and oxygen atoms in total. The summed E-state index contributed by atoms with van der Waals surface area (Å²) in [5.41, 5.74) is 0. The van der Waals surface area contributed by atoms with E-state index in [1.807, 2.05) is 0 Å². The molecule has 0 atom stereocenters. The first-order chi connectivity index (χ1) is 5.04. The molecule has 0 saturated heterocycles. The van der Waals surface area contributed by atoms with Crippen LogP contribution < -0.4 is 10.2 Å². The van der Waals surface area contributed by atoms with E-state index in [-0.39, 0.29) is 0 Å². The summed E-state index contributed by atoms with van der Waals surface area (Å²) in [7, 11) is 3.43. The van der Waals surface area contributed by atoms with Crippen LogP contribution in [0.1, 0.15) is 13.8 Å². The van der Waals surface area contributed by atoms with E-state index >= 15 is 0 Å². The molecule has 0 aromatic heterocycles. The van der Waals surface area contributed by atoms with Gasteiger partial charge in [0.25, 0.3) is 6.65 Å². The number of rotatable bonds is 5. The topological polar surface area (TPSA) is 41.1 Å². The van der Waals surface area contributed by atoms with Crippen molar-refractivity contribution in [3.63, 3.8) is 0 Å². The molecule has 0 saturated carbocycles. The summed E-state index contributed by atoms with van der Waals surface area (Å²) in [6.45, 7) is 1.91. The Labute approximate surface area is 72.9 Å². The van der Waals surface area contributed by atoms with Gasteiger partial charge in [-0.2, -0.15) is 0 Å².